The van der Waals surface area contributed by atoms with Gasteiger partial charge in [0, 0.05) is 10.1 Å². The fraction of sp³-hybridized carbons (Fsp3) is 0.462. The molecule has 1 N–H and O–H groups in total. The van der Waals surface area contributed by atoms with E-state index in [1.54, 1.807) is 0 Å². The third kappa shape index (κ3) is 5.81. The minimum atomic E-state index is -0.310. The zero-order valence-electron chi connectivity index (χ0n) is 10.0. The molecule has 100 valence electrons. The van der Waals surface area contributed by atoms with E-state index in [0.29, 0.717) is 15.7 Å². The summed E-state index contributed by atoms with van der Waals surface area (Å²) in [5.74, 6) is -0.428. The summed E-state index contributed by atoms with van der Waals surface area (Å²) in [4.78, 5) is 11.8. The van der Waals surface area contributed by atoms with Crippen LogP contribution in [0.25, 0.3) is 0 Å². The van der Waals surface area contributed by atoms with E-state index in [-0.39, 0.29) is 11.7 Å². The molecular formula is C13H16FI2NO. The van der Waals surface area contributed by atoms with E-state index < -0.39 is 0 Å². The molecule has 2 nitrogen and oxygen atoms in total. The van der Waals surface area contributed by atoms with Gasteiger partial charge in [-0.1, -0.05) is 35.4 Å². The lowest BCUT2D eigenvalue weighted by Crippen LogP contribution is -2.25. The third-order valence-corrected chi connectivity index (χ3v) is 4.18. The molecule has 0 aliphatic rings. The zero-order valence-corrected chi connectivity index (χ0v) is 14.3. The van der Waals surface area contributed by atoms with Gasteiger partial charge >= 0.3 is 0 Å². The normalized spacial score (nSPS) is 10.4. The van der Waals surface area contributed by atoms with Crippen molar-refractivity contribution in [2.24, 2.45) is 0 Å². The summed E-state index contributed by atoms with van der Waals surface area (Å²) in [6, 6.07) is 4.22. The van der Waals surface area contributed by atoms with Gasteiger partial charge in [0.1, 0.15) is 5.82 Å². The lowest BCUT2D eigenvalue weighted by molar-refractivity contribution is 0.0952. The third-order valence-electron chi connectivity index (χ3n) is 2.52. The maximum atomic E-state index is 12.9. The minimum Gasteiger partial charge on any atom is -0.352 e. The molecule has 1 aromatic rings. The summed E-state index contributed by atoms with van der Waals surface area (Å²) >= 11 is 4.35. The fourth-order valence-electron chi connectivity index (χ4n) is 1.54. The molecule has 0 aliphatic carbocycles. The van der Waals surface area contributed by atoms with Crippen LogP contribution in [0.15, 0.2) is 18.2 Å². The van der Waals surface area contributed by atoms with Crippen LogP contribution in [0.2, 0.25) is 0 Å². The molecule has 1 amide bonds. The Morgan fingerprint density at radius 1 is 1.22 bits per heavy atom. The van der Waals surface area contributed by atoms with Crippen molar-refractivity contribution in [2.45, 2.75) is 25.7 Å². The molecule has 0 aliphatic heterocycles. The molecule has 5 heteroatoms. The number of carbonyl (C=O) groups excluding carboxylic acids is 1. The average molecular weight is 475 g/mol. The van der Waals surface area contributed by atoms with Crippen LogP contribution >= 0.6 is 45.2 Å². The first-order chi connectivity index (χ1) is 8.65. The Morgan fingerprint density at radius 3 is 2.61 bits per heavy atom. The Balaban J connectivity index is 2.32. The van der Waals surface area contributed by atoms with Crippen molar-refractivity contribution < 1.29 is 9.18 Å². The standard InChI is InChI=1S/C13H16FI2NO/c14-10-5-6-11(12(16)9-10)13(18)17-8-4-2-1-3-7-15/h5-6,9H,1-4,7-8H2,(H,17,18). The van der Waals surface area contributed by atoms with E-state index >= 15 is 0 Å². The van der Waals surface area contributed by atoms with Crippen molar-refractivity contribution in [3.63, 3.8) is 0 Å². The van der Waals surface area contributed by atoms with E-state index in [4.69, 9.17) is 0 Å². The first-order valence-corrected chi connectivity index (χ1v) is 8.55. The lowest BCUT2D eigenvalue weighted by atomic mass is 10.2. The van der Waals surface area contributed by atoms with Crippen molar-refractivity contribution in [3.05, 3.63) is 33.1 Å². The summed E-state index contributed by atoms with van der Waals surface area (Å²) in [6.45, 7) is 0.688. The van der Waals surface area contributed by atoms with Gasteiger partial charge in [-0.05, 0) is 58.1 Å². The Labute approximate surface area is 134 Å². The summed E-state index contributed by atoms with van der Waals surface area (Å²) in [6.07, 6.45) is 4.60. The van der Waals surface area contributed by atoms with Gasteiger partial charge in [0.2, 0.25) is 0 Å². The highest BCUT2D eigenvalue weighted by atomic mass is 127. The predicted octanol–water partition coefficient (Wildman–Crippen LogP) is 4.16. The molecule has 0 fully saturated rings. The monoisotopic (exact) mass is 475 g/mol. The Morgan fingerprint density at radius 2 is 1.94 bits per heavy atom. The van der Waals surface area contributed by atoms with Crippen LogP contribution in [0.1, 0.15) is 36.0 Å². The lowest BCUT2D eigenvalue weighted by Gasteiger charge is -2.06. The van der Waals surface area contributed by atoms with Gasteiger partial charge in [0.15, 0.2) is 0 Å². The van der Waals surface area contributed by atoms with Crippen molar-refractivity contribution in [2.75, 3.05) is 11.0 Å². The first-order valence-electron chi connectivity index (χ1n) is 5.94. The first kappa shape index (κ1) is 16.1. The van der Waals surface area contributed by atoms with Gasteiger partial charge in [0.05, 0.1) is 5.56 Å². The fourth-order valence-corrected chi connectivity index (χ4v) is 2.81. The topological polar surface area (TPSA) is 29.1 Å². The molecule has 1 rings (SSSR count). The summed E-state index contributed by atoms with van der Waals surface area (Å²) in [5, 5.41) is 2.87. The number of benzene rings is 1. The van der Waals surface area contributed by atoms with Crippen LogP contribution in [-0.4, -0.2) is 16.9 Å². The highest BCUT2D eigenvalue weighted by Crippen LogP contribution is 2.13. The van der Waals surface area contributed by atoms with Gasteiger partial charge < -0.3 is 5.32 Å². The molecule has 0 saturated carbocycles. The number of hydrogen-bond donors (Lipinski definition) is 1. The second-order valence-electron chi connectivity index (χ2n) is 3.98. The van der Waals surface area contributed by atoms with Crippen molar-refractivity contribution in [3.8, 4) is 0 Å². The number of carbonyl (C=O) groups is 1. The quantitative estimate of drug-likeness (QED) is 0.359. The Hall–Kier alpha value is 0.0800. The average Bonchev–Trinajstić information content (AvgIpc) is 2.33. The number of amides is 1. The number of unbranched alkanes of at least 4 members (excludes halogenated alkanes) is 3. The van der Waals surface area contributed by atoms with Crippen LogP contribution < -0.4 is 5.32 Å². The maximum absolute atomic E-state index is 12.9. The number of hydrogen-bond acceptors (Lipinski definition) is 1. The highest BCUT2D eigenvalue weighted by Gasteiger charge is 2.09. The van der Waals surface area contributed by atoms with E-state index in [1.165, 1.54) is 35.5 Å². The summed E-state index contributed by atoms with van der Waals surface area (Å²) in [7, 11) is 0. The molecule has 0 spiro atoms. The molecule has 0 heterocycles. The number of alkyl halides is 1. The van der Waals surface area contributed by atoms with Gasteiger partial charge in [-0.3, -0.25) is 4.79 Å². The molecule has 0 atom stereocenters. The number of rotatable bonds is 7. The van der Waals surface area contributed by atoms with Gasteiger partial charge in [-0.25, -0.2) is 4.39 Å². The van der Waals surface area contributed by atoms with Crippen LogP contribution in [0.5, 0.6) is 0 Å². The molecule has 0 bridgehead atoms. The van der Waals surface area contributed by atoms with Crippen LogP contribution in [0.3, 0.4) is 0 Å². The van der Waals surface area contributed by atoms with Gasteiger partial charge in [0.25, 0.3) is 5.91 Å². The minimum absolute atomic E-state index is 0.117. The van der Waals surface area contributed by atoms with Crippen molar-refractivity contribution >= 4 is 51.1 Å². The maximum Gasteiger partial charge on any atom is 0.252 e. The summed E-state index contributed by atoms with van der Waals surface area (Å²) < 4.78 is 14.7. The smallest absolute Gasteiger partial charge is 0.252 e. The number of halogens is 3. The van der Waals surface area contributed by atoms with Crippen molar-refractivity contribution in [1.82, 2.24) is 5.32 Å². The molecule has 0 unspecified atom stereocenters. The Bertz CT molecular complexity index is 399. The summed E-state index contributed by atoms with van der Waals surface area (Å²) in [5.41, 5.74) is 0.546. The van der Waals surface area contributed by atoms with Crippen LogP contribution in [0, 0.1) is 9.39 Å². The van der Waals surface area contributed by atoms with E-state index in [9.17, 15) is 9.18 Å². The second kappa shape index (κ2) is 9.06. The number of nitrogens with one attached hydrogen (secondary N) is 1. The van der Waals surface area contributed by atoms with E-state index in [2.05, 4.69) is 27.9 Å². The molecule has 0 aromatic heterocycles. The molecule has 18 heavy (non-hydrogen) atoms. The van der Waals surface area contributed by atoms with Gasteiger partial charge in [-0.15, -0.1) is 0 Å². The van der Waals surface area contributed by atoms with Gasteiger partial charge in [-0.2, -0.15) is 0 Å². The molecular weight excluding hydrogens is 459 g/mol. The zero-order chi connectivity index (χ0) is 13.4. The Kier molecular flexibility index (Phi) is 8.12. The van der Waals surface area contributed by atoms with E-state index in [1.807, 2.05) is 22.6 Å². The van der Waals surface area contributed by atoms with E-state index in [0.717, 1.165) is 12.8 Å². The predicted molar refractivity (Wildman–Crippen MR) is 88.8 cm³/mol. The second-order valence-corrected chi connectivity index (χ2v) is 6.22. The highest BCUT2D eigenvalue weighted by molar-refractivity contribution is 14.1. The van der Waals surface area contributed by atoms with Crippen LogP contribution in [0.4, 0.5) is 4.39 Å². The molecule has 0 radical (unpaired) electrons. The SMILES string of the molecule is O=C(NCCCCCCI)c1ccc(F)cc1I. The van der Waals surface area contributed by atoms with Crippen molar-refractivity contribution in [1.29, 1.82) is 0 Å². The largest absolute Gasteiger partial charge is 0.352 e. The van der Waals surface area contributed by atoms with Crippen LogP contribution in [-0.2, 0) is 0 Å². The molecule has 0 saturated heterocycles. The molecule has 1 aromatic carbocycles.